The summed E-state index contributed by atoms with van der Waals surface area (Å²) < 4.78 is 5.55. The Hall–Kier alpha value is -0.160. The topological polar surface area (TPSA) is 44.7 Å². The Morgan fingerprint density at radius 1 is 1.32 bits per heavy atom. The van der Waals surface area contributed by atoms with E-state index in [0.717, 1.165) is 58.3 Å². The molecule has 2 aliphatic rings. The van der Waals surface area contributed by atoms with Crippen LogP contribution in [0, 0.1) is 5.41 Å². The summed E-state index contributed by atoms with van der Waals surface area (Å²) in [6, 6.07) is 0.734. The van der Waals surface area contributed by atoms with Crippen LogP contribution in [0.15, 0.2) is 0 Å². The van der Waals surface area contributed by atoms with Crippen LogP contribution in [0.2, 0.25) is 0 Å². The number of rotatable bonds is 9. The summed E-state index contributed by atoms with van der Waals surface area (Å²) >= 11 is 0. The molecule has 1 aliphatic heterocycles. The van der Waals surface area contributed by atoms with Crippen molar-refractivity contribution in [3.05, 3.63) is 0 Å². The van der Waals surface area contributed by atoms with Crippen LogP contribution in [0.1, 0.15) is 39.0 Å². The minimum absolute atomic E-state index is 0.283. The molecule has 0 spiro atoms. The second kappa shape index (κ2) is 7.58. The normalized spacial score (nSPS) is 22.9. The van der Waals surface area contributed by atoms with Crippen LogP contribution in [0.25, 0.3) is 0 Å². The first-order valence-electron chi connectivity index (χ1n) is 7.93. The molecule has 112 valence electrons. The molecular weight excluding hydrogens is 240 g/mol. The highest BCUT2D eigenvalue weighted by molar-refractivity contribution is 4.92. The Morgan fingerprint density at radius 2 is 2.05 bits per heavy atom. The van der Waals surface area contributed by atoms with Gasteiger partial charge in [0.05, 0.1) is 6.61 Å². The van der Waals surface area contributed by atoms with E-state index in [-0.39, 0.29) is 6.61 Å². The number of aliphatic hydroxyl groups is 1. The van der Waals surface area contributed by atoms with Gasteiger partial charge in [-0.15, -0.1) is 0 Å². The molecule has 1 saturated heterocycles. The molecule has 0 atom stereocenters. The summed E-state index contributed by atoms with van der Waals surface area (Å²) in [7, 11) is 0. The lowest BCUT2D eigenvalue weighted by Gasteiger charge is -2.41. The number of hydrogen-bond acceptors (Lipinski definition) is 4. The van der Waals surface area contributed by atoms with Crippen molar-refractivity contribution < 1.29 is 9.84 Å². The summed E-state index contributed by atoms with van der Waals surface area (Å²) in [4.78, 5) is 2.51. The second-order valence-corrected chi connectivity index (χ2v) is 6.21. The summed E-state index contributed by atoms with van der Waals surface area (Å²) in [5, 5.41) is 12.9. The number of aliphatic hydroxyl groups excluding tert-OH is 1. The standard InChI is InChI=1S/C15H30N2O2/c1-2-7-16-12-15(5-10-19-11-6-15)13-17(8-9-18)14-3-4-14/h14,16,18H,2-13H2,1H3. The minimum Gasteiger partial charge on any atom is -0.395 e. The number of nitrogens with one attached hydrogen (secondary N) is 1. The fraction of sp³-hybridized carbons (Fsp3) is 1.00. The van der Waals surface area contributed by atoms with Crippen molar-refractivity contribution in [2.24, 2.45) is 5.41 Å². The van der Waals surface area contributed by atoms with Gasteiger partial charge in [0.15, 0.2) is 0 Å². The molecule has 2 rings (SSSR count). The zero-order valence-electron chi connectivity index (χ0n) is 12.4. The molecule has 0 unspecified atom stereocenters. The maximum Gasteiger partial charge on any atom is 0.0558 e. The Balaban J connectivity index is 1.90. The smallest absolute Gasteiger partial charge is 0.0558 e. The average Bonchev–Trinajstić information content (AvgIpc) is 3.24. The van der Waals surface area contributed by atoms with Crippen LogP contribution in [0.4, 0.5) is 0 Å². The van der Waals surface area contributed by atoms with Gasteiger partial charge < -0.3 is 15.2 Å². The molecule has 0 bridgehead atoms. The van der Waals surface area contributed by atoms with E-state index in [1.54, 1.807) is 0 Å². The van der Waals surface area contributed by atoms with Crippen molar-refractivity contribution in [3.63, 3.8) is 0 Å². The van der Waals surface area contributed by atoms with E-state index in [9.17, 15) is 5.11 Å². The van der Waals surface area contributed by atoms with Gasteiger partial charge >= 0.3 is 0 Å². The highest BCUT2D eigenvalue weighted by Gasteiger charge is 2.38. The van der Waals surface area contributed by atoms with Gasteiger partial charge in [0, 0.05) is 38.9 Å². The first-order valence-corrected chi connectivity index (χ1v) is 7.93. The van der Waals surface area contributed by atoms with Gasteiger partial charge in [0.25, 0.3) is 0 Å². The van der Waals surface area contributed by atoms with Crippen LogP contribution >= 0.6 is 0 Å². The lowest BCUT2D eigenvalue weighted by Crippen LogP contribution is -2.48. The van der Waals surface area contributed by atoms with Crippen LogP contribution in [0.5, 0.6) is 0 Å². The molecule has 4 heteroatoms. The van der Waals surface area contributed by atoms with Crippen LogP contribution in [-0.2, 0) is 4.74 Å². The van der Waals surface area contributed by atoms with E-state index >= 15 is 0 Å². The predicted octanol–water partition coefficient (Wildman–Crippen LogP) is 1.24. The quantitative estimate of drug-likeness (QED) is 0.619. The monoisotopic (exact) mass is 270 g/mol. The predicted molar refractivity (Wildman–Crippen MR) is 77.3 cm³/mol. The van der Waals surface area contributed by atoms with Gasteiger partial charge in [-0.1, -0.05) is 6.92 Å². The van der Waals surface area contributed by atoms with Crippen LogP contribution in [-0.4, -0.2) is 62.0 Å². The maximum absolute atomic E-state index is 9.26. The molecular formula is C15H30N2O2. The Labute approximate surface area is 117 Å². The molecule has 1 heterocycles. The summed E-state index contributed by atoms with van der Waals surface area (Å²) in [6.45, 7) is 8.44. The number of ether oxygens (including phenoxy) is 1. The molecule has 4 nitrogen and oxygen atoms in total. The van der Waals surface area contributed by atoms with Gasteiger partial charge in [0.2, 0.25) is 0 Å². The zero-order valence-corrected chi connectivity index (χ0v) is 12.4. The molecule has 0 aromatic rings. The fourth-order valence-corrected chi connectivity index (χ4v) is 3.12. The minimum atomic E-state index is 0.283. The van der Waals surface area contributed by atoms with Crippen molar-refractivity contribution in [2.75, 3.05) is 46.0 Å². The van der Waals surface area contributed by atoms with Crippen molar-refractivity contribution in [1.29, 1.82) is 0 Å². The Morgan fingerprint density at radius 3 is 2.63 bits per heavy atom. The molecule has 0 aromatic heterocycles. The third-order valence-corrected chi connectivity index (χ3v) is 4.47. The van der Waals surface area contributed by atoms with E-state index in [1.807, 2.05) is 0 Å². The number of nitrogens with zero attached hydrogens (tertiary/aromatic N) is 1. The lowest BCUT2D eigenvalue weighted by atomic mass is 9.79. The van der Waals surface area contributed by atoms with Gasteiger partial charge in [0.1, 0.15) is 0 Å². The van der Waals surface area contributed by atoms with Crippen molar-refractivity contribution >= 4 is 0 Å². The Kier molecular flexibility index (Phi) is 6.07. The van der Waals surface area contributed by atoms with E-state index < -0.39 is 0 Å². The molecule has 1 saturated carbocycles. The molecule has 0 aromatic carbocycles. The summed E-state index contributed by atoms with van der Waals surface area (Å²) in [5.41, 5.74) is 0.352. The fourth-order valence-electron chi connectivity index (χ4n) is 3.12. The van der Waals surface area contributed by atoms with Crippen LogP contribution in [0.3, 0.4) is 0 Å². The third kappa shape index (κ3) is 4.71. The first kappa shape index (κ1) is 15.2. The SMILES string of the molecule is CCCNCC1(CN(CCO)C2CC2)CCOCC1. The van der Waals surface area contributed by atoms with Crippen LogP contribution < -0.4 is 5.32 Å². The van der Waals surface area contributed by atoms with Gasteiger partial charge in [-0.3, -0.25) is 4.90 Å². The molecule has 0 amide bonds. The van der Waals surface area contributed by atoms with Gasteiger partial charge in [-0.2, -0.15) is 0 Å². The largest absolute Gasteiger partial charge is 0.395 e. The molecule has 0 radical (unpaired) electrons. The molecule has 2 fully saturated rings. The van der Waals surface area contributed by atoms with E-state index in [0.29, 0.717) is 5.41 Å². The maximum atomic E-state index is 9.26. The van der Waals surface area contributed by atoms with Crippen molar-refractivity contribution in [2.45, 2.75) is 45.1 Å². The highest BCUT2D eigenvalue weighted by Crippen LogP contribution is 2.35. The molecule has 1 aliphatic carbocycles. The second-order valence-electron chi connectivity index (χ2n) is 6.21. The lowest BCUT2D eigenvalue weighted by molar-refractivity contribution is -0.00797. The third-order valence-electron chi connectivity index (χ3n) is 4.47. The summed E-state index contributed by atoms with van der Waals surface area (Å²) in [6.07, 6.45) is 6.12. The van der Waals surface area contributed by atoms with E-state index in [2.05, 4.69) is 17.1 Å². The molecule has 2 N–H and O–H groups in total. The summed E-state index contributed by atoms with van der Waals surface area (Å²) in [5.74, 6) is 0. The van der Waals surface area contributed by atoms with Gasteiger partial charge in [-0.25, -0.2) is 0 Å². The average molecular weight is 270 g/mol. The number of hydrogen-bond donors (Lipinski definition) is 2. The highest BCUT2D eigenvalue weighted by atomic mass is 16.5. The first-order chi connectivity index (χ1) is 9.29. The Bertz CT molecular complexity index is 251. The van der Waals surface area contributed by atoms with Crippen molar-refractivity contribution in [1.82, 2.24) is 10.2 Å². The zero-order chi connectivity index (χ0) is 13.6. The van der Waals surface area contributed by atoms with E-state index in [4.69, 9.17) is 4.74 Å². The molecule has 19 heavy (non-hydrogen) atoms. The van der Waals surface area contributed by atoms with Gasteiger partial charge in [-0.05, 0) is 44.1 Å². The van der Waals surface area contributed by atoms with Crippen molar-refractivity contribution in [3.8, 4) is 0 Å². The van der Waals surface area contributed by atoms with E-state index in [1.165, 1.54) is 19.3 Å².